The van der Waals surface area contributed by atoms with Gasteiger partial charge in [-0.3, -0.25) is 10.4 Å². The molecule has 0 aliphatic rings. The molecule has 0 aliphatic carbocycles. The predicted molar refractivity (Wildman–Crippen MR) is 127 cm³/mol. The Kier molecular flexibility index (Phi) is 6.95. The molecule has 0 spiro atoms. The number of aromatic amines is 1. The molecule has 0 aliphatic heterocycles. The maximum atomic E-state index is 5.38. The Morgan fingerprint density at radius 1 is 0.657 bits per heavy atom. The van der Waals surface area contributed by atoms with Crippen LogP contribution in [0.15, 0.2) is 36.7 Å². The lowest BCUT2D eigenvalue weighted by Gasteiger charge is -2.14. The summed E-state index contributed by atoms with van der Waals surface area (Å²) >= 11 is 0. The van der Waals surface area contributed by atoms with Gasteiger partial charge in [-0.05, 0) is 12.1 Å². The lowest BCUT2D eigenvalue weighted by molar-refractivity contribution is 0.324. The first kappa shape index (κ1) is 23.4. The molecule has 2 heterocycles. The highest BCUT2D eigenvalue weighted by Crippen LogP contribution is 2.40. The van der Waals surface area contributed by atoms with E-state index >= 15 is 0 Å². The maximum absolute atomic E-state index is 5.38. The molecule has 35 heavy (non-hydrogen) atoms. The molecule has 2 aromatic heterocycles. The van der Waals surface area contributed by atoms with E-state index in [4.69, 9.17) is 23.7 Å². The van der Waals surface area contributed by atoms with Gasteiger partial charge in [0.25, 0.3) is 0 Å². The number of hydrogen-bond acceptors (Lipinski definition) is 12. The smallest absolute Gasteiger partial charge is 0.249 e. The summed E-state index contributed by atoms with van der Waals surface area (Å²) in [7, 11) is 7.78. The molecule has 182 valence electrons. The minimum absolute atomic E-state index is 0.240. The van der Waals surface area contributed by atoms with Gasteiger partial charge >= 0.3 is 0 Å². The normalized spacial score (nSPS) is 10.4. The van der Waals surface area contributed by atoms with Gasteiger partial charge in [0, 0.05) is 29.4 Å². The van der Waals surface area contributed by atoms with Crippen LogP contribution in [0.4, 0.5) is 23.5 Å². The Hall–Kier alpha value is -4.81. The topological polar surface area (TPSA) is 150 Å². The number of ether oxygens (including phenoxy) is 5. The van der Waals surface area contributed by atoms with Crippen LogP contribution in [0.25, 0.3) is 11.4 Å². The minimum Gasteiger partial charge on any atom is -0.497 e. The van der Waals surface area contributed by atoms with E-state index in [0.717, 1.165) is 5.56 Å². The first-order valence-corrected chi connectivity index (χ1v) is 10.3. The fourth-order valence-corrected chi connectivity index (χ4v) is 3.19. The number of hydrogen-bond donors (Lipinski definition) is 3. The highest BCUT2D eigenvalue weighted by atomic mass is 16.5. The van der Waals surface area contributed by atoms with Crippen molar-refractivity contribution in [2.24, 2.45) is 0 Å². The maximum Gasteiger partial charge on any atom is 0.249 e. The van der Waals surface area contributed by atoms with Gasteiger partial charge in [0.05, 0.1) is 35.5 Å². The Morgan fingerprint density at radius 3 is 1.86 bits per heavy atom. The van der Waals surface area contributed by atoms with Crippen LogP contribution in [0.1, 0.15) is 0 Å². The van der Waals surface area contributed by atoms with Crippen LogP contribution in [-0.2, 0) is 0 Å². The standard InChI is InChI=1S/C22H24N8O5/c1-31-14-6-12(7-15(10-14)32-2)19-26-22(30-29-19)28-21-24-11-23-20(27-21)25-13-8-16(33-3)18(35-5)17(9-13)34-4/h6-11H,1-5H3,(H3,23,24,25,26,27,28,29,30). The predicted octanol–water partition coefficient (Wildman–Crippen LogP) is 3.19. The van der Waals surface area contributed by atoms with Gasteiger partial charge in [-0.15, -0.1) is 5.10 Å². The van der Waals surface area contributed by atoms with Crippen molar-refractivity contribution in [1.82, 2.24) is 30.1 Å². The van der Waals surface area contributed by atoms with Gasteiger partial charge in [0.1, 0.15) is 17.8 Å². The van der Waals surface area contributed by atoms with E-state index in [1.54, 1.807) is 46.6 Å². The first-order valence-electron chi connectivity index (χ1n) is 10.3. The average Bonchev–Trinajstić information content (AvgIpc) is 3.36. The number of benzene rings is 2. The summed E-state index contributed by atoms with van der Waals surface area (Å²) in [6, 6.07) is 8.88. The van der Waals surface area contributed by atoms with Gasteiger partial charge in [-0.25, -0.2) is 9.97 Å². The number of methoxy groups -OCH3 is 5. The molecule has 13 nitrogen and oxygen atoms in total. The molecule has 3 N–H and O–H groups in total. The summed E-state index contributed by atoms with van der Waals surface area (Å²) in [6.07, 6.45) is 1.36. The van der Waals surface area contributed by atoms with E-state index in [0.29, 0.717) is 40.3 Å². The summed E-state index contributed by atoms with van der Waals surface area (Å²) in [6.45, 7) is 0. The fourth-order valence-electron chi connectivity index (χ4n) is 3.19. The average molecular weight is 480 g/mol. The van der Waals surface area contributed by atoms with Gasteiger partial charge in [-0.1, -0.05) is 0 Å². The second kappa shape index (κ2) is 10.4. The Labute approximate surface area is 200 Å². The third-order valence-electron chi connectivity index (χ3n) is 4.83. The van der Waals surface area contributed by atoms with E-state index in [9.17, 15) is 0 Å². The summed E-state index contributed by atoms with van der Waals surface area (Å²) in [5, 5.41) is 13.1. The molecule has 0 saturated carbocycles. The Bertz CT molecular complexity index is 1270. The largest absolute Gasteiger partial charge is 0.497 e. The summed E-state index contributed by atoms with van der Waals surface area (Å²) in [5.74, 6) is 4.02. The molecule has 4 rings (SSSR count). The minimum atomic E-state index is 0.240. The van der Waals surface area contributed by atoms with Crippen LogP contribution >= 0.6 is 0 Å². The second-order valence-electron chi connectivity index (χ2n) is 6.91. The van der Waals surface area contributed by atoms with Crippen molar-refractivity contribution >= 4 is 23.5 Å². The van der Waals surface area contributed by atoms with E-state index in [1.807, 2.05) is 12.1 Å². The van der Waals surface area contributed by atoms with Crippen molar-refractivity contribution in [2.75, 3.05) is 46.2 Å². The van der Waals surface area contributed by atoms with Gasteiger partial charge < -0.3 is 29.0 Å². The Morgan fingerprint density at radius 2 is 1.29 bits per heavy atom. The number of nitrogens with zero attached hydrogens (tertiary/aromatic N) is 5. The molecular weight excluding hydrogens is 456 g/mol. The quantitative estimate of drug-likeness (QED) is 0.306. The third kappa shape index (κ3) is 5.24. The molecule has 0 unspecified atom stereocenters. The molecule has 0 radical (unpaired) electrons. The van der Waals surface area contributed by atoms with Gasteiger partial charge in [0.2, 0.25) is 23.6 Å². The van der Waals surface area contributed by atoms with Gasteiger partial charge in [-0.2, -0.15) is 9.97 Å². The van der Waals surface area contributed by atoms with Crippen molar-refractivity contribution in [3.63, 3.8) is 0 Å². The zero-order valence-corrected chi connectivity index (χ0v) is 19.7. The van der Waals surface area contributed by atoms with Crippen LogP contribution in [-0.4, -0.2) is 65.7 Å². The van der Waals surface area contributed by atoms with E-state index in [-0.39, 0.29) is 17.8 Å². The fraction of sp³-hybridized carbons (Fsp3) is 0.227. The number of anilines is 4. The zero-order valence-electron chi connectivity index (χ0n) is 19.7. The molecule has 2 aromatic carbocycles. The number of H-pyrrole nitrogens is 1. The number of rotatable bonds is 10. The van der Waals surface area contributed by atoms with Crippen LogP contribution in [0, 0.1) is 0 Å². The van der Waals surface area contributed by atoms with Crippen LogP contribution in [0.3, 0.4) is 0 Å². The molecule has 0 amide bonds. The van der Waals surface area contributed by atoms with Crippen molar-refractivity contribution in [1.29, 1.82) is 0 Å². The zero-order chi connectivity index (χ0) is 24.8. The SMILES string of the molecule is COc1cc(OC)cc(-c2nc(Nc3ncnc(Nc4cc(OC)c(OC)c(OC)c4)n3)n[nH]2)c1. The molecule has 0 fully saturated rings. The summed E-state index contributed by atoms with van der Waals surface area (Å²) in [4.78, 5) is 17.1. The van der Waals surface area contributed by atoms with E-state index in [1.165, 1.54) is 13.4 Å². The molecule has 0 atom stereocenters. The van der Waals surface area contributed by atoms with E-state index < -0.39 is 0 Å². The van der Waals surface area contributed by atoms with Crippen molar-refractivity contribution in [2.45, 2.75) is 0 Å². The summed E-state index contributed by atoms with van der Waals surface area (Å²) in [5.41, 5.74) is 1.37. The van der Waals surface area contributed by atoms with Gasteiger partial charge in [0.15, 0.2) is 17.3 Å². The second-order valence-corrected chi connectivity index (χ2v) is 6.91. The van der Waals surface area contributed by atoms with Crippen LogP contribution in [0.5, 0.6) is 28.7 Å². The highest BCUT2D eigenvalue weighted by molar-refractivity contribution is 5.66. The highest BCUT2D eigenvalue weighted by Gasteiger charge is 2.15. The Balaban J connectivity index is 1.53. The van der Waals surface area contributed by atoms with Crippen molar-refractivity contribution in [3.8, 4) is 40.1 Å². The molecule has 13 heteroatoms. The molecule has 4 aromatic rings. The molecule has 0 saturated heterocycles. The first-order chi connectivity index (χ1) is 17.1. The van der Waals surface area contributed by atoms with Crippen LogP contribution < -0.4 is 34.3 Å². The lowest BCUT2D eigenvalue weighted by Crippen LogP contribution is -2.04. The molecular formula is C22H24N8O5. The molecule has 0 bridgehead atoms. The van der Waals surface area contributed by atoms with E-state index in [2.05, 4.69) is 40.8 Å². The number of nitrogens with one attached hydrogen (secondary N) is 3. The summed E-state index contributed by atoms with van der Waals surface area (Å²) < 4.78 is 26.7. The third-order valence-corrected chi connectivity index (χ3v) is 4.83. The number of aromatic nitrogens is 6. The van der Waals surface area contributed by atoms with Crippen molar-refractivity contribution in [3.05, 3.63) is 36.7 Å². The monoisotopic (exact) mass is 480 g/mol. The van der Waals surface area contributed by atoms with Crippen LogP contribution in [0.2, 0.25) is 0 Å². The lowest BCUT2D eigenvalue weighted by atomic mass is 10.2. The van der Waals surface area contributed by atoms with Crippen molar-refractivity contribution < 1.29 is 23.7 Å².